The Bertz CT molecular complexity index is 559. The molecule has 0 saturated carbocycles. The van der Waals surface area contributed by atoms with Crippen molar-refractivity contribution in [1.29, 1.82) is 0 Å². The van der Waals surface area contributed by atoms with Crippen LogP contribution in [0.1, 0.15) is 18.9 Å². The van der Waals surface area contributed by atoms with Crippen molar-refractivity contribution in [3.8, 4) is 0 Å². The summed E-state index contributed by atoms with van der Waals surface area (Å²) < 4.78 is 1.87. The van der Waals surface area contributed by atoms with E-state index in [1.54, 1.807) is 12.4 Å². The Labute approximate surface area is 126 Å². The average molecular weight is 380 g/mol. The Morgan fingerprint density at radius 2 is 2.00 bits per heavy atom. The second-order valence-electron chi connectivity index (χ2n) is 4.17. The van der Waals surface area contributed by atoms with E-state index in [-0.39, 0.29) is 39.7 Å². The van der Waals surface area contributed by atoms with Crippen molar-refractivity contribution in [2.45, 2.75) is 18.9 Å². The van der Waals surface area contributed by atoms with Crippen molar-refractivity contribution in [3.63, 3.8) is 0 Å². The molecule has 0 aliphatic carbocycles. The van der Waals surface area contributed by atoms with Gasteiger partial charge >= 0.3 is 5.69 Å². The van der Waals surface area contributed by atoms with Crippen LogP contribution in [0.25, 0.3) is 11.0 Å². The molecule has 7 heteroatoms. The molecule has 18 heavy (non-hydrogen) atoms. The minimum atomic E-state index is -0.0186. The van der Waals surface area contributed by atoms with Crippen molar-refractivity contribution < 1.29 is 0 Å². The molecule has 0 atom stereocenters. The first-order chi connectivity index (χ1) is 7.86. The maximum atomic E-state index is 11.9. The Morgan fingerprint density at radius 1 is 1.28 bits per heavy atom. The van der Waals surface area contributed by atoms with Gasteiger partial charge in [-0.2, -0.15) is 0 Å². The van der Waals surface area contributed by atoms with Crippen LogP contribution in [0.15, 0.2) is 23.3 Å². The first-order valence-corrected chi connectivity index (χ1v) is 5.61. The SMILES string of the molecule is Br.Br.O=c1[nH]c2cnccc2n1C1CCNCC1. The van der Waals surface area contributed by atoms with Crippen LogP contribution in [0.4, 0.5) is 0 Å². The second kappa shape index (κ2) is 6.49. The largest absolute Gasteiger partial charge is 0.326 e. The lowest BCUT2D eigenvalue weighted by atomic mass is 10.1. The summed E-state index contributed by atoms with van der Waals surface area (Å²) in [5.41, 5.74) is 1.77. The Kier molecular flexibility index (Phi) is 5.55. The number of H-pyrrole nitrogens is 1. The van der Waals surface area contributed by atoms with Crippen molar-refractivity contribution in [2.24, 2.45) is 0 Å². The number of nitrogens with one attached hydrogen (secondary N) is 2. The molecule has 5 nitrogen and oxygen atoms in total. The van der Waals surface area contributed by atoms with E-state index in [9.17, 15) is 4.79 Å². The van der Waals surface area contributed by atoms with E-state index in [1.165, 1.54) is 0 Å². The highest BCUT2D eigenvalue weighted by Crippen LogP contribution is 2.20. The smallest absolute Gasteiger partial charge is 0.317 e. The van der Waals surface area contributed by atoms with Crippen molar-refractivity contribution in [2.75, 3.05) is 13.1 Å². The summed E-state index contributed by atoms with van der Waals surface area (Å²) in [7, 11) is 0. The normalized spacial score (nSPS) is 16.0. The number of imidazole rings is 1. The fourth-order valence-corrected chi connectivity index (χ4v) is 2.41. The number of fused-ring (bicyclic) bond motifs is 1. The van der Waals surface area contributed by atoms with Gasteiger partial charge in [0, 0.05) is 12.2 Å². The molecule has 2 aromatic rings. The topological polar surface area (TPSA) is 62.7 Å². The highest BCUT2D eigenvalue weighted by atomic mass is 79.9. The molecule has 0 spiro atoms. The number of rotatable bonds is 1. The fourth-order valence-electron chi connectivity index (χ4n) is 2.41. The standard InChI is InChI=1S/C11H14N4O.2BrH/c16-11-14-9-7-13-6-3-10(9)15(11)8-1-4-12-5-2-8;;/h3,6-8,12H,1-2,4-5H2,(H,14,16);2*1H. The van der Waals surface area contributed by atoms with Gasteiger partial charge < -0.3 is 10.3 Å². The number of piperidine rings is 1. The lowest BCUT2D eigenvalue weighted by molar-refractivity contribution is 0.368. The van der Waals surface area contributed by atoms with E-state index in [0.29, 0.717) is 6.04 Å². The fraction of sp³-hybridized carbons (Fsp3) is 0.455. The third-order valence-corrected chi connectivity index (χ3v) is 3.19. The van der Waals surface area contributed by atoms with E-state index in [0.717, 1.165) is 37.0 Å². The van der Waals surface area contributed by atoms with E-state index in [4.69, 9.17) is 0 Å². The number of hydrogen-bond acceptors (Lipinski definition) is 3. The minimum absolute atomic E-state index is 0. The van der Waals surface area contributed by atoms with Gasteiger partial charge in [-0.1, -0.05) is 0 Å². The zero-order chi connectivity index (χ0) is 11.0. The average Bonchev–Trinajstić information content (AvgIpc) is 2.66. The first-order valence-electron chi connectivity index (χ1n) is 5.61. The van der Waals surface area contributed by atoms with Crippen LogP contribution in [-0.2, 0) is 0 Å². The number of hydrogen-bond donors (Lipinski definition) is 2. The van der Waals surface area contributed by atoms with Gasteiger partial charge in [-0.3, -0.25) is 9.55 Å². The summed E-state index contributed by atoms with van der Waals surface area (Å²) in [6.07, 6.45) is 5.45. The number of pyridine rings is 1. The third-order valence-electron chi connectivity index (χ3n) is 3.19. The van der Waals surface area contributed by atoms with Crippen LogP contribution in [-0.4, -0.2) is 27.6 Å². The number of aromatic nitrogens is 3. The minimum Gasteiger partial charge on any atom is -0.317 e. The van der Waals surface area contributed by atoms with Crippen LogP contribution < -0.4 is 11.0 Å². The maximum Gasteiger partial charge on any atom is 0.326 e. The van der Waals surface area contributed by atoms with E-state index >= 15 is 0 Å². The lowest BCUT2D eigenvalue weighted by Gasteiger charge is -2.23. The molecule has 100 valence electrons. The molecule has 1 saturated heterocycles. The van der Waals surface area contributed by atoms with Gasteiger partial charge in [0.1, 0.15) is 0 Å². The van der Waals surface area contributed by atoms with Crippen molar-refractivity contribution >= 4 is 45.0 Å². The summed E-state index contributed by atoms with van der Waals surface area (Å²) in [6, 6.07) is 2.21. The second-order valence-corrected chi connectivity index (χ2v) is 4.17. The molecule has 0 aromatic carbocycles. The number of aromatic amines is 1. The Morgan fingerprint density at radius 3 is 2.72 bits per heavy atom. The van der Waals surface area contributed by atoms with Crippen LogP contribution in [0.3, 0.4) is 0 Å². The van der Waals surface area contributed by atoms with Gasteiger partial charge in [-0.25, -0.2) is 4.79 Å². The summed E-state index contributed by atoms with van der Waals surface area (Å²) >= 11 is 0. The highest BCUT2D eigenvalue weighted by molar-refractivity contribution is 8.93. The van der Waals surface area contributed by atoms with Crippen LogP contribution in [0.5, 0.6) is 0 Å². The molecule has 0 radical (unpaired) electrons. The number of halogens is 2. The van der Waals surface area contributed by atoms with E-state index in [1.807, 2.05) is 10.6 Å². The molecule has 2 N–H and O–H groups in total. The molecular weight excluding hydrogens is 364 g/mol. The predicted octanol–water partition coefficient (Wildman–Crippen LogP) is 1.80. The van der Waals surface area contributed by atoms with Crippen LogP contribution >= 0.6 is 34.0 Å². The van der Waals surface area contributed by atoms with Gasteiger partial charge in [0.2, 0.25) is 0 Å². The van der Waals surface area contributed by atoms with Crippen LogP contribution in [0.2, 0.25) is 0 Å². The first kappa shape index (κ1) is 15.4. The monoisotopic (exact) mass is 378 g/mol. The van der Waals surface area contributed by atoms with Crippen LogP contribution in [0, 0.1) is 0 Å². The molecule has 1 fully saturated rings. The maximum absolute atomic E-state index is 11.9. The van der Waals surface area contributed by atoms with Gasteiger partial charge in [0.05, 0.1) is 17.2 Å². The zero-order valence-corrected chi connectivity index (χ0v) is 13.2. The van der Waals surface area contributed by atoms with Gasteiger partial charge in [-0.05, 0) is 32.0 Å². The van der Waals surface area contributed by atoms with Gasteiger partial charge in [-0.15, -0.1) is 34.0 Å². The molecular formula is C11H16Br2N4O. The summed E-state index contributed by atoms with van der Waals surface area (Å²) in [4.78, 5) is 18.8. The highest BCUT2D eigenvalue weighted by Gasteiger charge is 2.19. The quantitative estimate of drug-likeness (QED) is 0.794. The molecule has 3 heterocycles. The van der Waals surface area contributed by atoms with E-state index in [2.05, 4.69) is 15.3 Å². The molecule has 3 rings (SSSR count). The summed E-state index contributed by atoms with van der Waals surface area (Å²) in [5.74, 6) is 0. The molecule has 1 aliphatic rings. The lowest BCUT2D eigenvalue weighted by Crippen LogP contribution is -2.33. The van der Waals surface area contributed by atoms with Crippen molar-refractivity contribution in [3.05, 3.63) is 28.9 Å². The Hall–Kier alpha value is -0.660. The zero-order valence-electron chi connectivity index (χ0n) is 9.76. The molecule has 0 unspecified atom stereocenters. The Balaban J connectivity index is 0.000000810. The molecule has 0 amide bonds. The van der Waals surface area contributed by atoms with Gasteiger partial charge in [0.25, 0.3) is 0 Å². The molecule has 2 aromatic heterocycles. The third kappa shape index (κ3) is 2.67. The molecule has 0 bridgehead atoms. The summed E-state index contributed by atoms with van der Waals surface area (Å²) in [6.45, 7) is 1.96. The molecule has 1 aliphatic heterocycles. The van der Waals surface area contributed by atoms with E-state index < -0.39 is 0 Å². The predicted molar refractivity (Wildman–Crippen MR) is 82.1 cm³/mol. The van der Waals surface area contributed by atoms with Gasteiger partial charge in [0.15, 0.2) is 0 Å². The van der Waals surface area contributed by atoms with Crippen molar-refractivity contribution in [1.82, 2.24) is 19.9 Å². The summed E-state index contributed by atoms with van der Waals surface area (Å²) in [5, 5.41) is 3.31. The number of nitrogens with zero attached hydrogens (tertiary/aromatic N) is 2.